The van der Waals surface area contributed by atoms with E-state index in [1.54, 1.807) is 18.2 Å². The molecule has 1 heterocycles. The maximum Gasteiger partial charge on any atom is 0.271 e. The zero-order valence-corrected chi connectivity index (χ0v) is 12.1. The Balaban J connectivity index is 1.67. The van der Waals surface area contributed by atoms with Crippen molar-refractivity contribution < 1.29 is 13.6 Å². The average Bonchev–Trinajstić information content (AvgIpc) is 2.57. The second-order valence-corrected chi connectivity index (χ2v) is 4.95. The van der Waals surface area contributed by atoms with Crippen LogP contribution in [0.5, 0.6) is 0 Å². The summed E-state index contributed by atoms with van der Waals surface area (Å²) in [5, 5.41) is 2.59. The van der Waals surface area contributed by atoms with E-state index in [2.05, 4.69) is 15.3 Å². The topological polar surface area (TPSA) is 54.9 Å². The minimum Gasteiger partial charge on any atom is -0.350 e. The summed E-state index contributed by atoms with van der Waals surface area (Å²) in [4.78, 5) is 20.4. The summed E-state index contributed by atoms with van der Waals surface area (Å²) in [5.74, 6) is -1.67. The van der Waals surface area contributed by atoms with E-state index in [0.29, 0.717) is 11.0 Å². The van der Waals surface area contributed by atoms with Crippen molar-refractivity contribution in [2.45, 2.75) is 6.42 Å². The highest BCUT2D eigenvalue weighted by molar-refractivity contribution is 5.93. The fourth-order valence-corrected chi connectivity index (χ4v) is 2.23. The minimum absolute atomic E-state index is 0.0441. The Bertz CT molecular complexity index is 847. The van der Waals surface area contributed by atoms with Gasteiger partial charge in [-0.05, 0) is 30.7 Å². The van der Waals surface area contributed by atoms with Crippen molar-refractivity contribution in [3.05, 3.63) is 71.6 Å². The molecule has 4 nitrogen and oxygen atoms in total. The number of rotatable bonds is 4. The van der Waals surface area contributed by atoms with Crippen molar-refractivity contribution in [3.8, 4) is 0 Å². The van der Waals surface area contributed by atoms with Gasteiger partial charge in [0.15, 0.2) is 0 Å². The molecule has 2 aromatic carbocycles. The van der Waals surface area contributed by atoms with Gasteiger partial charge in [0.1, 0.15) is 17.3 Å². The highest BCUT2D eigenvalue weighted by Crippen LogP contribution is 2.12. The van der Waals surface area contributed by atoms with Gasteiger partial charge in [-0.1, -0.05) is 18.2 Å². The molecule has 0 bridgehead atoms. The molecule has 116 valence electrons. The number of carbonyl (C=O) groups excluding carboxylic acids is 1. The minimum atomic E-state index is -0.621. The molecule has 3 aromatic rings. The molecule has 1 N–H and O–H groups in total. The summed E-state index contributed by atoms with van der Waals surface area (Å²) >= 11 is 0. The van der Waals surface area contributed by atoms with Crippen LogP contribution < -0.4 is 5.32 Å². The molecule has 0 unspecified atom stereocenters. The first kappa shape index (κ1) is 15.0. The van der Waals surface area contributed by atoms with E-state index >= 15 is 0 Å². The van der Waals surface area contributed by atoms with Crippen molar-refractivity contribution in [3.63, 3.8) is 0 Å². The van der Waals surface area contributed by atoms with Crippen molar-refractivity contribution in [1.29, 1.82) is 0 Å². The number of fused-ring (bicyclic) bond motifs is 1. The molecule has 0 radical (unpaired) electrons. The maximum absolute atomic E-state index is 13.5. The van der Waals surface area contributed by atoms with Crippen LogP contribution in [0.2, 0.25) is 0 Å². The van der Waals surface area contributed by atoms with Crippen LogP contribution >= 0.6 is 0 Å². The quantitative estimate of drug-likeness (QED) is 0.806. The van der Waals surface area contributed by atoms with Crippen LogP contribution in [0.25, 0.3) is 11.0 Å². The van der Waals surface area contributed by atoms with Gasteiger partial charge < -0.3 is 5.32 Å². The molecule has 0 fully saturated rings. The number of hydrogen-bond donors (Lipinski definition) is 1. The lowest BCUT2D eigenvalue weighted by atomic mass is 10.1. The number of amides is 1. The molecule has 0 atom stereocenters. The van der Waals surface area contributed by atoms with E-state index in [0.717, 1.165) is 0 Å². The third-order valence-corrected chi connectivity index (χ3v) is 3.40. The van der Waals surface area contributed by atoms with Gasteiger partial charge >= 0.3 is 0 Å². The van der Waals surface area contributed by atoms with Gasteiger partial charge in [0, 0.05) is 12.1 Å². The second kappa shape index (κ2) is 6.48. The lowest BCUT2D eigenvalue weighted by molar-refractivity contribution is 0.0949. The van der Waals surface area contributed by atoms with Gasteiger partial charge in [0.2, 0.25) is 0 Å². The Hall–Kier alpha value is -2.89. The number of nitrogens with one attached hydrogen (secondary N) is 1. The third kappa shape index (κ3) is 3.31. The van der Waals surface area contributed by atoms with Crippen LogP contribution in [0.4, 0.5) is 8.78 Å². The number of halogens is 2. The van der Waals surface area contributed by atoms with Gasteiger partial charge in [0.05, 0.1) is 17.2 Å². The molecule has 6 heteroatoms. The largest absolute Gasteiger partial charge is 0.350 e. The summed E-state index contributed by atoms with van der Waals surface area (Å²) < 4.78 is 27.0. The first-order chi connectivity index (χ1) is 11.1. The fraction of sp³-hybridized carbons (Fsp3) is 0.118. The van der Waals surface area contributed by atoms with Crippen molar-refractivity contribution in [2.75, 3.05) is 6.54 Å². The molecule has 0 spiro atoms. The smallest absolute Gasteiger partial charge is 0.271 e. The highest BCUT2D eigenvalue weighted by atomic mass is 19.1. The zero-order chi connectivity index (χ0) is 16.2. The predicted octanol–water partition coefficient (Wildman–Crippen LogP) is 2.88. The van der Waals surface area contributed by atoms with Crippen LogP contribution in [-0.4, -0.2) is 22.4 Å². The van der Waals surface area contributed by atoms with Crippen LogP contribution in [0.1, 0.15) is 16.1 Å². The molecule has 1 amide bonds. The molecule has 3 rings (SSSR count). The molecule has 0 saturated heterocycles. The van der Waals surface area contributed by atoms with E-state index < -0.39 is 17.5 Å². The van der Waals surface area contributed by atoms with Gasteiger partial charge in [-0.15, -0.1) is 0 Å². The molecule has 23 heavy (non-hydrogen) atoms. The lowest BCUT2D eigenvalue weighted by Crippen LogP contribution is -2.27. The molecular formula is C17H13F2N3O. The Kier molecular flexibility index (Phi) is 4.23. The molecule has 0 saturated carbocycles. The van der Waals surface area contributed by atoms with E-state index in [9.17, 15) is 13.6 Å². The first-order valence-corrected chi connectivity index (χ1v) is 7.08. The maximum atomic E-state index is 13.5. The third-order valence-electron chi connectivity index (χ3n) is 3.40. The van der Waals surface area contributed by atoms with Gasteiger partial charge in [-0.3, -0.25) is 9.78 Å². The molecule has 0 aliphatic carbocycles. The number of para-hydroxylation sites is 2. The number of nitrogens with zero attached hydrogens (tertiary/aromatic N) is 2. The fourth-order valence-electron chi connectivity index (χ4n) is 2.23. The van der Waals surface area contributed by atoms with Crippen molar-refractivity contribution >= 4 is 16.9 Å². The van der Waals surface area contributed by atoms with E-state index in [4.69, 9.17) is 0 Å². The Morgan fingerprint density at radius 3 is 2.43 bits per heavy atom. The molecular weight excluding hydrogens is 300 g/mol. The van der Waals surface area contributed by atoms with Crippen LogP contribution in [0.15, 0.2) is 48.7 Å². The van der Waals surface area contributed by atoms with Gasteiger partial charge in [0.25, 0.3) is 5.91 Å². The molecule has 0 aliphatic rings. The Morgan fingerprint density at radius 1 is 1.00 bits per heavy atom. The van der Waals surface area contributed by atoms with Crippen LogP contribution in [0.3, 0.4) is 0 Å². The highest BCUT2D eigenvalue weighted by Gasteiger charge is 2.11. The van der Waals surface area contributed by atoms with Crippen LogP contribution in [0, 0.1) is 11.6 Å². The summed E-state index contributed by atoms with van der Waals surface area (Å²) in [6, 6.07) is 10.9. The monoisotopic (exact) mass is 313 g/mol. The van der Waals surface area contributed by atoms with E-state index in [1.807, 2.05) is 6.07 Å². The SMILES string of the molecule is O=C(NCCc1c(F)cccc1F)c1cnc2ccccc2n1. The second-order valence-electron chi connectivity index (χ2n) is 4.95. The number of benzene rings is 2. The lowest BCUT2D eigenvalue weighted by Gasteiger charge is -2.07. The summed E-state index contributed by atoms with van der Waals surface area (Å²) in [6.07, 6.45) is 1.44. The number of hydrogen-bond acceptors (Lipinski definition) is 3. The Morgan fingerprint density at radius 2 is 1.70 bits per heavy atom. The summed E-state index contributed by atoms with van der Waals surface area (Å²) in [5.41, 5.74) is 1.42. The van der Waals surface area contributed by atoms with Crippen molar-refractivity contribution in [2.24, 2.45) is 0 Å². The Labute approximate surface area is 131 Å². The van der Waals surface area contributed by atoms with Crippen molar-refractivity contribution in [1.82, 2.24) is 15.3 Å². The van der Waals surface area contributed by atoms with Crippen LogP contribution in [-0.2, 0) is 6.42 Å². The summed E-state index contributed by atoms with van der Waals surface area (Å²) in [6.45, 7) is 0.102. The van der Waals surface area contributed by atoms with Gasteiger partial charge in [-0.25, -0.2) is 13.8 Å². The number of aromatic nitrogens is 2. The zero-order valence-electron chi connectivity index (χ0n) is 12.1. The predicted molar refractivity (Wildman–Crippen MR) is 81.9 cm³/mol. The normalized spacial score (nSPS) is 10.7. The first-order valence-electron chi connectivity index (χ1n) is 7.08. The van der Waals surface area contributed by atoms with E-state index in [1.165, 1.54) is 24.4 Å². The summed E-state index contributed by atoms with van der Waals surface area (Å²) in [7, 11) is 0. The van der Waals surface area contributed by atoms with Gasteiger partial charge in [-0.2, -0.15) is 0 Å². The number of carbonyl (C=O) groups is 1. The standard InChI is InChI=1S/C17H13F2N3O/c18-12-4-3-5-13(19)11(12)8-9-20-17(23)16-10-21-14-6-1-2-7-15(14)22-16/h1-7,10H,8-9H2,(H,20,23). The van der Waals surface area contributed by atoms with E-state index in [-0.39, 0.29) is 24.2 Å². The average molecular weight is 313 g/mol. The molecule has 0 aliphatic heterocycles. The molecule has 1 aromatic heterocycles.